The number of ether oxygens (including phenoxy) is 1. The fraction of sp³-hybridized carbons (Fsp3) is 0.692. The zero-order valence-electron chi connectivity index (χ0n) is 11.2. The molecule has 1 aromatic rings. The van der Waals surface area contributed by atoms with Gasteiger partial charge in [0.05, 0.1) is 11.7 Å². The van der Waals surface area contributed by atoms with E-state index >= 15 is 0 Å². The summed E-state index contributed by atoms with van der Waals surface area (Å²) in [5.74, 6) is -0.494. The van der Waals surface area contributed by atoms with Gasteiger partial charge in [0.1, 0.15) is 5.69 Å². The van der Waals surface area contributed by atoms with Gasteiger partial charge in [-0.1, -0.05) is 0 Å². The van der Waals surface area contributed by atoms with E-state index in [1.54, 1.807) is 5.38 Å². The molecule has 1 spiro atoms. The van der Waals surface area contributed by atoms with Crippen molar-refractivity contribution < 1.29 is 14.6 Å². The molecule has 20 heavy (non-hydrogen) atoms. The molecule has 7 heteroatoms. The molecule has 0 bridgehead atoms. The molecular weight excluding hydrogens is 278 g/mol. The number of aliphatic hydroxyl groups excluding tert-OH is 1. The summed E-state index contributed by atoms with van der Waals surface area (Å²) in [6, 6.07) is 0. The van der Waals surface area contributed by atoms with Crippen LogP contribution in [0.15, 0.2) is 5.38 Å². The van der Waals surface area contributed by atoms with Crippen LogP contribution in [0.25, 0.3) is 0 Å². The lowest BCUT2D eigenvalue weighted by molar-refractivity contribution is -0.164. The van der Waals surface area contributed by atoms with Gasteiger partial charge in [0, 0.05) is 25.1 Å². The number of rotatable bonds is 2. The van der Waals surface area contributed by atoms with Crippen molar-refractivity contribution in [1.82, 2.24) is 4.98 Å². The van der Waals surface area contributed by atoms with Gasteiger partial charge in [0.15, 0.2) is 5.13 Å². The average Bonchev–Trinajstić information content (AvgIpc) is 2.93. The van der Waals surface area contributed by atoms with Crippen LogP contribution in [0.3, 0.4) is 0 Å². The van der Waals surface area contributed by atoms with E-state index in [0.717, 1.165) is 50.5 Å². The Morgan fingerprint density at radius 3 is 2.90 bits per heavy atom. The molecule has 2 aliphatic rings. The van der Waals surface area contributed by atoms with Crippen molar-refractivity contribution >= 4 is 22.4 Å². The highest BCUT2D eigenvalue weighted by Crippen LogP contribution is 2.37. The average molecular weight is 297 g/mol. The molecule has 1 amide bonds. The van der Waals surface area contributed by atoms with Crippen LogP contribution in [-0.2, 0) is 4.74 Å². The summed E-state index contributed by atoms with van der Waals surface area (Å²) in [5, 5.41) is 12.7. The molecule has 2 fully saturated rings. The topological polar surface area (TPSA) is 88.7 Å². The number of primary amides is 1. The van der Waals surface area contributed by atoms with Gasteiger partial charge in [-0.3, -0.25) is 4.79 Å². The van der Waals surface area contributed by atoms with E-state index in [-0.39, 0.29) is 11.7 Å². The number of nitrogens with zero attached hydrogens (tertiary/aromatic N) is 2. The van der Waals surface area contributed by atoms with Crippen LogP contribution in [0.4, 0.5) is 5.13 Å². The van der Waals surface area contributed by atoms with Crippen LogP contribution >= 0.6 is 11.3 Å². The largest absolute Gasteiger partial charge is 0.390 e. The van der Waals surface area contributed by atoms with E-state index in [2.05, 4.69) is 9.88 Å². The summed E-state index contributed by atoms with van der Waals surface area (Å²) in [4.78, 5) is 17.5. The lowest BCUT2D eigenvalue weighted by atomic mass is 9.82. The highest BCUT2D eigenvalue weighted by molar-refractivity contribution is 7.13. The molecule has 0 radical (unpaired) electrons. The van der Waals surface area contributed by atoms with Crippen LogP contribution in [0.2, 0.25) is 0 Å². The molecule has 0 unspecified atom stereocenters. The molecule has 110 valence electrons. The fourth-order valence-corrected chi connectivity index (χ4v) is 3.86. The Bertz CT molecular complexity index is 497. The minimum Gasteiger partial charge on any atom is -0.390 e. The maximum absolute atomic E-state index is 11.1. The Balaban J connectivity index is 1.67. The lowest BCUT2D eigenvalue weighted by Gasteiger charge is -2.46. The maximum atomic E-state index is 11.1. The van der Waals surface area contributed by atoms with Gasteiger partial charge in [0.2, 0.25) is 0 Å². The summed E-state index contributed by atoms with van der Waals surface area (Å²) < 4.78 is 5.88. The lowest BCUT2D eigenvalue weighted by Crippen LogP contribution is -2.55. The summed E-state index contributed by atoms with van der Waals surface area (Å²) in [5.41, 5.74) is 5.16. The van der Waals surface area contributed by atoms with Gasteiger partial charge in [-0.25, -0.2) is 4.98 Å². The Kier molecular flexibility index (Phi) is 3.66. The standard InChI is InChI=1S/C13H19N3O3S/c14-11(18)9-8-20-12(15-9)16-5-3-13(4-6-16)10(17)2-1-7-19-13/h8,10,17H,1-7H2,(H2,14,18)/t10-/m1/s1. The number of aromatic nitrogens is 1. The van der Waals surface area contributed by atoms with Gasteiger partial charge in [-0.15, -0.1) is 11.3 Å². The minimum atomic E-state index is -0.494. The van der Waals surface area contributed by atoms with Crippen LogP contribution in [-0.4, -0.2) is 47.4 Å². The van der Waals surface area contributed by atoms with Gasteiger partial charge >= 0.3 is 0 Å². The molecular formula is C13H19N3O3S. The van der Waals surface area contributed by atoms with Gasteiger partial charge in [0.25, 0.3) is 5.91 Å². The van der Waals surface area contributed by atoms with Crippen molar-refractivity contribution in [2.24, 2.45) is 5.73 Å². The second kappa shape index (κ2) is 5.31. The van der Waals surface area contributed by atoms with E-state index in [0.29, 0.717) is 5.69 Å². The number of nitrogens with two attached hydrogens (primary N) is 1. The van der Waals surface area contributed by atoms with E-state index < -0.39 is 5.91 Å². The smallest absolute Gasteiger partial charge is 0.268 e. The number of thiazole rings is 1. The third-order valence-electron chi connectivity index (χ3n) is 4.24. The number of hydrogen-bond acceptors (Lipinski definition) is 6. The second-order valence-electron chi connectivity index (χ2n) is 5.44. The zero-order valence-corrected chi connectivity index (χ0v) is 12.1. The second-order valence-corrected chi connectivity index (χ2v) is 6.27. The van der Waals surface area contributed by atoms with Crippen LogP contribution in [0.5, 0.6) is 0 Å². The number of anilines is 1. The van der Waals surface area contributed by atoms with Crippen molar-refractivity contribution in [2.45, 2.75) is 37.4 Å². The van der Waals surface area contributed by atoms with E-state index in [4.69, 9.17) is 10.5 Å². The van der Waals surface area contributed by atoms with Crippen LogP contribution < -0.4 is 10.6 Å². The maximum Gasteiger partial charge on any atom is 0.268 e. The highest BCUT2D eigenvalue weighted by Gasteiger charge is 2.44. The molecule has 2 saturated heterocycles. The summed E-state index contributed by atoms with van der Waals surface area (Å²) in [6.45, 7) is 2.30. The Labute approximate surface area is 121 Å². The van der Waals surface area contributed by atoms with E-state index in [9.17, 15) is 9.90 Å². The van der Waals surface area contributed by atoms with E-state index in [1.165, 1.54) is 11.3 Å². The first kappa shape index (κ1) is 13.8. The number of aliphatic hydroxyl groups is 1. The number of hydrogen-bond donors (Lipinski definition) is 2. The molecule has 3 rings (SSSR count). The molecule has 1 aromatic heterocycles. The first-order chi connectivity index (χ1) is 9.61. The molecule has 3 heterocycles. The normalized spacial score (nSPS) is 25.9. The fourth-order valence-electron chi connectivity index (χ4n) is 2.99. The molecule has 1 atom stereocenters. The van der Waals surface area contributed by atoms with Gasteiger partial charge < -0.3 is 20.5 Å². The SMILES string of the molecule is NC(=O)c1csc(N2CCC3(CC2)OCCC[C@H]3O)n1. The summed E-state index contributed by atoms with van der Waals surface area (Å²) in [7, 11) is 0. The van der Waals surface area contributed by atoms with Crippen molar-refractivity contribution in [1.29, 1.82) is 0 Å². The Hall–Kier alpha value is -1.18. The Morgan fingerprint density at radius 1 is 1.55 bits per heavy atom. The first-order valence-electron chi connectivity index (χ1n) is 6.93. The number of carbonyl (C=O) groups is 1. The monoisotopic (exact) mass is 297 g/mol. The quantitative estimate of drug-likeness (QED) is 0.841. The predicted octanol–water partition coefficient (Wildman–Crippen LogP) is 0.752. The third-order valence-corrected chi connectivity index (χ3v) is 5.14. The molecule has 3 N–H and O–H groups in total. The van der Waals surface area contributed by atoms with E-state index in [1.807, 2.05) is 0 Å². The number of carbonyl (C=O) groups excluding carboxylic acids is 1. The number of amides is 1. The van der Waals surface area contributed by atoms with Gasteiger partial charge in [-0.2, -0.15) is 0 Å². The van der Waals surface area contributed by atoms with Crippen LogP contribution in [0.1, 0.15) is 36.2 Å². The zero-order chi connectivity index (χ0) is 14.2. The minimum absolute atomic E-state index is 0.319. The molecule has 0 saturated carbocycles. The summed E-state index contributed by atoms with van der Waals surface area (Å²) in [6.07, 6.45) is 2.97. The van der Waals surface area contributed by atoms with Crippen molar-refractivity contribution in [3.63, 3.8) is 0 Å². The highest BCUT2D eigenvalue weighted by atomic mass is 32.1. The molecule has 6 nitrogen and oxygen atoms in total. The van der Waals surface area contributed by atoms with Crippen molar-refractivity contribution in [3.8, 4) is 0 Å². The molecule has 0 aromatic carbocycles. The third kappa shape index (κ3) is 2.41. The first-order valence-corrected chi connectivity index (χ1v) is 7.81. The van der Waals surface area contributed by atoms with Crippen molar-refractivity contribution in [3.05, 3.63) is 11.1 Å². The number of piperidine rings is 1. The van der Waals surface area contributed by atoms with Gasteiger partial charge in [-0.05, 0) is 25.7 Å². The van der Waals surface area contributed by atoms with Crippen molar-refractivity contribution in [2.75, 3.05) is 24.6 Å². The predicted molar refractivity (Wildman–Crippen MR) is 76.0 cm³/mol. The van der Waals surface area contributed by atoms with Crippen LogP contribution in [0, 0.1) is 0 Å². The Morgan fingerprint density at radius 2 is 2.30 bits per heavy atom. The molecule has 2 aliphatic heterocycles. The molecule has 0 aliphatic carbocycles. The summed E-state index contributed by atoms with van der Waals surface area (Å²) >= 11 is 1.43.